The molecule has 0 heterocycles. The predicted molar refractivity (Wildman–Crippen MR) is 170 cm³/mol. The van der Waals surface area contributed by atoms with Crippen LogP contribution in [0.3, 0.4) is 0 Å². The maximum absolute atomic E-state index is 13.3. The van der Waals surface area contributed by atoms with E-state index in [1.165, 1.54) is 95.5 Å². The van der Waals surface area contributed by atoms with Gasteiger partial charge in [-0.3, -0.25) is 14.5 Å². The van der Waals surface area contributed by atoms with Crippen molar-refractivity contribution in [2.75, 3.05) is 17.8 Å². The molecule has 1 amide bonds. The van der Waals surface area contributed by atoms with Crippen molar-refractivity contribution in [3.8, 4) is 0 Å². The van der Waals surface area contributed by atoms with Crippen LogP contribution in [0, 0.1) is 13.8 Å². The molecule has 0 aliphatic carbocycles. The molecule has 0 radical (unpaired) electrons. The summed E-state index contributed by atoms with van der Waals surface area (Å²) in [4.78, 5) is 39.6. The molecule has 222 valence electrons. The summed E-state index contributed by atoms with van der Waals surface area (Å²) in [5.41, 5.74) is 2.44. The van der Waals surface area contributed by atoms with Gasteiger partial charge in [0.15, 0.2) is 5.12 Å². The zero-order valence-electron chi connectivity index (χ0n) is 25.1. The number of anilines is 1. The van der Waals surface area contributed by atoms with E-state index in [4.69, 9.17) is 4.74 Å². The zero-order chi connectivity index (χ0) is 29.0. The van der Waals surface area contributed by atoms with Gasteiger partial charge in [0.05, 0.1) is 18.6 Å². The minimum Gasteiger partial charge on any atom is -0.467 e. The van der Waals surface area contributed by atoms with Gasteiger partial charge in [0.1, 0.15) is 6.04 Å². The topological polar surface area (TPSA) is 63.7 Å². The summed E-state index contributed by atoms with van der Waals surface area (Å²) in [6.45, 7) is 7.74. The first-order valence-corrected chi connectivity index (χ1v) is 16.8. The van der Waals surface area contributed by atoms with E-state index in [0.717, 1.165) is 40.2 Å². The molecule has 1 aromatic carbocycles. The summed E-state index contributed by atoms with van der Waals surface area (Å²) in [6, 6.07) is 3.04. The van der Waals surface area contributed by atoms with Crippen LogP contribution in [0.2, 0.25) is 0 Å². The molecule has 0 saturated heterocycles. The maximum atomic E-state index is 13.3. The third-order valence-electron chi connectivity index (χ3n) is 7.35. The van der Waals surface area contributed by atoms with Gasteiger partial charge in [-0.15, -0.1) is 0 Å². The van der Waals surface area contributed by atoms with Crippen LogP contribution in [0.25, 0.3) is 0 Å². The third kappa shape index (κ3) is 14.2. The molecular weight excluding hydrogens is 574 g/mol. The number of esters is 1. The number of nitrogens with zero attached hydrogens (tertiary/aromatic N) is 1. The second-order valence-electron chi connectivity index (χ2n) is 10.7. The zero-order valence-corrected chi connectivity index (χ0v) is 27.5. The first-order chi connectivity index (χ1) is 18.7. The van der Waals surface area contributed by atoms with Crippen LogP contribution in [0.5, 0.6) is 0 Å². The highest BCUT2D eigenvalue weighted by Crippen LogP contribution is 2.33. The number of ether oxygens (including phenoxy) is 1. The first kappa shape index (κ1) is 35.7. The minimum absolute atomic E-state index is 0.00427. The van der Waals surface area contributed by atoms with Crippen molar-refractivity contribution in [2.45, 2.75) is 136 Å². The lowest BCUT2D eigenvalue weighted by Gasteiger charge is -2.30. The van der Waals surface area contributed by atoms with Crippen LogP contribution in [-0.2, 0) is 19.1 Å². The summed E-state index contributed by atoms with van der Waals surface area (Å²) in [5.74, 6) is -0.757. The molecule has 0 aliphatic heterocycles. The van der Waals surface area contributed by atoms with Gasteiger partial charge in [0, 0.05) is 10.9 Å². The molecule has 5 nitrogen and oxygen atoms in total. The fourth-order valence-electron chi connectivity index (χ4n) is 4.92. The third-order valence-corrected chi connectivity index (χ3v) is 9.12. The molecule has 0 unspecified atom stereocenters. The van der Waals surface area contributed by atoms with E-state index < -0.39 is 12.0 Å². The van der Waals surface area contributed by atoms with Gasteiger partial charge in [-0.05, 0) is 44.4 Å². The number of hydrogen-bond donors (Lipinski definition) is 0. The van der Waals surface area contributed by atoms with Crippen LogP contribution in [0.1, 0.15) is 128 Å². The van der Waals surface area contributed by atoms with Gasteiger partial charge >= 0.3 is 5.97 Å². The number of aryl methyl sites for hydroxylation is 1. The summed E-state index contributed by atoms with van der Waals surface area (Å²) in [5, 5.41) is 0.0337. The molecule has 1 rings (SSSR count). The lowest BCUT2D eigenvalue weighted by molar-refractivity contribution is -0.142. The Bertz CT molecular complexity index is 876. The molecule has 0 saturated carbocycles. The van der Waals surface area contributed by atoms with Crippen molar-refractivity contribution >= 4 is 50.4 Å². The van der Waals surface area contributed by atoms with E-state index in [-0.39, 0.29) is 16.8 Å². The van der Waals surface area contributed by atoms with Crippen molar-refractivity contribution in [1.29, 1.82) is 0 Å². The van der Waals surface area contributed by atoms with Gasteiger partial charge < -0.3 is 4.74 Å². The number of amides is 1. The van der Waals surface area contributed by atoms with E-state index in [1.54, 1.807) is 6.92 Å². The van der Waals surface area contributed by atoms with Gasteiger partial charge in [0.25, 0.3) is 0 Å². The van der Waals surface area contributed by atoms with E-state index >= 15 is 0 Å². The summed E-state index contributed by atoms with van der Waals surface area (Å²) >= 11 is 4.58. The Morgan fingerprint density at radius 3 is 1.82 bits per heavy atom. The van der Waals surface area contributed by atoms with Gasteiger partial charge in [-0.1, -0.05) is 131 Å². The number of benzene rings is 1. The Morgan fingerprint density at radius 1 is 0.846 bits per heavy atom. The molecule has 0 fully saturated rings. The van der Waals surface area contributed by atoms with Crippen LogP contribution >= 0.6 is 27.7 Å². The highest BCUT2D eigenvalue weighted by atomic mass is 79.9. The Morgan fingerprint density at radius 2 is 1.33 bits per heavy atom. The second kappa shape index (κ2) is 21.4. The molecular formula is C32H52BrNO4S. The van der Waals surface area contributed by atoms with Gasteiger partial charge in [0.2, 0.25) is 5.91 Å². The van der Waals surface area contributed by atoms with Gasteiger partial charge in [-0.25, -0.2) is 4.79 Å². The molecule has 1 aromatic rings. The van der Waals surface area contributed by atoms with Gasteiger partial charge in [-0.2, -0.15) is 0 Å². The molecule has 0 bridgehead atoms. The molecule has 0 spiro atoms. The molecule has 1 atom stereocenters. The molecule has 39 heavy (non-hydrogen) atoms. The lowest BCUT2D eigenvalue weighted by Crippen LogP contribution is -2.45. The Kier molecular flexibility index (Phi) is 19.6. The number of carbonyl (C=O) groups excluding carboxylic acids is 3. The van der Waals surface area contributed by atoms with Crippen molar-refractivity contribution in [3.05, 3.63) is 27.7 Å². The average molecular weight is 627 g/mol. The number of rotatable bonds is 21. The highest BCUT2D eigenvalue weighted by Gasteiger charge is 2.31. The number of carbonyl (C=O) groups is 3. The minimum atomic E-state index is -0.791. The smallest absolute Gasteiger partial charge is 0.328 e. The number of methoxy groups -OCH3 is 1. The normalized spacial score (nSPS) is 11.8. The van der Waals surface area contributed by atoms with Crippen molar-refractivity contribution in [1.82, 2.24) is 0 Å². The number of unbranched alkanes of at least 4 members (excludes halogenated alkanes) is 14. The van der Waals surface area contributed by atoms with E-state index in [1.807, 2.05) is 26.0 Å². The molecule has 0 aromatic heterocycles. The molecule has 0 N–H and O–H groups in total. The van der Waals surface area contributed by atoms with Crippen LogP contribution in [-0.4, -0.2) is 35.9 Å². The average Bonchev–Trinajstić information content (AvgIpc) is 2.93. The van der Waals surface area contributed by atoms with E-state index in [0.29, 0.717) is 12.1 Å². The van der Waals surface area contributed by atoms with Crippen molar-refractivity contribution < 1.29 is 19.1 Å². The molecule has 0 aliphatic rings. The highest BCUT2D eigenvalue weighted by molar-refractivity contribution is 9.10. The largest absolute Gasteiger partial charge is 0.467 e. The Hall–Kier alpha value is -1.34. The number of hydrogen-bond acceptors (Lipinski definition) is 5. The molecule has 7 heteroatoms. The predicted octanol–water partition coefficient (Wildman–Crippen LogP) is 9.48. The number of thioether (sulfide) groups is 1. The Balaban J connectivity index is 2.30. The standard InChI is InChI=1S/C32H52BrNO4S/c1-6-7-8-9-10-11-12-13-14-15-16-17-18-19-20-21-30(36)39-24-29(35)34(27(4)32(37)38-5)31-25(2)22-23-28(33)26(31)3/h22-23,27H,6-21,24H2,1-5H3/t27-/m0/s1. The lowest BCUT2D eigenvalue weighted by atomic mass is 10.0. The fraction of sp³-hybridized carbons (Fsp3) is 0.719. The van der Waals surface area contributed by atoms with Crippen molar-refractivity contribution in [3.63, 3.8) is 0 Å². The maximum Gasteiger partial charge on any atom is 0.328 e. The second-order valence-corrected chi connectivity index (χ2v) is 12.5. The number of halogens is 1. The summed E-state index contributed by atoms with van der Waals surface area (Å²) in [6.07, 6.45) is 19.8. The van der Waals surface area contributed by atoms with Crippen LogP contribution < -0.4 is 4.90 Å². The van der Waals surface area contributed by atoms with Crippen molar-refractivity contribution in [2.24, 2.45) is 0 Å². The van der Waals surface area contributed by atoms with Crippen LogP contribution in [0.4, 0.5) is 5.69 Å². The Labute approximate surface area is 250 Å². The summed E-state index contributed by atoms with van der Waals surface area (Å²) < 4.78 is 5.78. The van der Waals surface area contributed by atoms with E-state index in [2.05, 4.69) is 22.9 Å². The fourth-order valence-corrected chi connectivity index (χ4v) is 5.95. The van der Waals surface area contributed by atoms with Crippen LogP contribution in [0.15, 0.2) is 16.6 Å². The summed E-state index contributed by atoms with van der Waals surface area (Å²) in [7, 11) is 1.32. The first-order valence-electron chi connectivity index (χ1n) is 15.1. The van der Waals surface area contributed by atoms with E-state index in [9.17, 15) is 14.4 Å². The monoisotopic (exact) mass is 625 g/mol. The SMILES string of the molecule is CCCCCCCCCCCCCCCCCC(=O)SCC(=O)N(c1c(C)ccc(Br)c1C)[C@@H](C)C(=O)OC. The quantitative estimate of drug-likeness (QED) is 0.100.